The minimum Gasteiger partial charge on any atom is -0.493 e. The summed E-state index contributed by atoms with van der Waals surface area (Å²) in [5.41, 5.74) is 2.47. The Labute approximate surface area is 108 Å². The van der Waals surface area contributed by atoms with Crippen LogP contribution < -0.4 is 10.1 Å². The Hall–Kier alpha value is -1.35. The van der Waals surface area contributed by atoms with E-state index in [4.69, 9.17) is 4.74 Å². The van der Waals surface area contributed by atoms with Crippen LogP contribution in [0.5, 0.6) is 5.75 Å². The van der Waals surface area contributed by atoms with Gasteiger partial charge in [0.2, 0.25) is 0 Å². The van der Waals surface area contributed by atoms with Crippen molar-refractivity contribution in [3.8, 4) is 5.75 Å². The molecule has 3 heteroatoms. The normalized spacial score (nSPS) is 27.5. The first-order valence-electron chi connectivity index (χ1n) is 6.76. The van der Waals surface area contributed by atoms with Gasteiger partial charge in [-0.25, -0.2) is 0 Å². The van der Waals surface area contributed by atoms with Crippen LogP contribution in [0, 0.1) is 0 Å². The molecule has 18 heavy (non-hydrogen) atoms. The summed E-state index contributed by atoms with van der Waals surface area (Å²) in [6.07, 6.45) is 3.45. The summed E-state index contributed by atoms with van der Waals surface area (Å²) in [4.78, 5) is 11.7. The number of ether oxygens (including phenoxy) is 1. The highest BCUT2D eigenvalue weighted by atomic mass is 16.5. The van der Waals surface area contributed by atoms with Gasteiger partial charge in [-0.1, -0.05) is 12.1 Å². The van der Waals surface area contributed by atoms with Gasteiger partial charge >= 0.3 is 0 Å². The van der Waals surface area contributed by atoms with Crippen LogP contribution in [0.2, 0.25) is 0 Å². The average Bonchev–Trinajstić information content (AvgIpc) is 2.37. The van der Waals surface area contributed by atoms with E-state index in [1.807, 2.05) is 0 Å². The van der Waals surface area contributed by atoms with Gasteiger partial charge in [0.15, 0.2) is 0 Å². The van der Waals surface area contributed by atoms with Crippen LogP contribution in [0.25, 0.3) is 0 Å². The van der Waals surface area contributed by atoms with Gasteiger partial charge in [0.25, 0.3) is 0 Å². The molecule has 0 radical (unpaired) electrons. The molecule has 2 heterocycles. The fourth-order valence-corrected chi connectivity index (χ4v) is 2.90. The first-order valence-corrected chi connectivity index (χ1v) is 6.76. The molecule has 3 rings (SSSR count). The number of hydrogen-bond donors (Lipinski definition) is 1. The standard InChI is InChI=1S/C15H19NO2/c1-10-7-13(17)9-14(16-10)12-5-4-11-3-2-6-18-15(11)8-12/h4-5,8,10,14,16H,2-3,6-7,9H2,1H3. The second-order valence-electron chi connectivity index (χ2n) is 5.39. The molecule has 1 aromatic carbocycles. The van der Waals surface area contributed by atoms with Crippen LogP contribution in [-0.4, -0.2) is 18.4 Å². The van der Waals surface area contributed by atoms with Gasteiger partial charge in [-0.05, 0) is 37.0 Å². The highest BCUT2D eigenvalue weighted by Crippen LogP contribution is 2.31. The first-order chi connectivity index (χ1) is 8.72. The van der Waals surface area contributed by atoms with Gasteiger partial charge in [-0.15, -0.1) is 0 Å². The van der Waals surface area contributed by atoms with E-state index < -0.39 is 0 Å². The molecule has 0 aliphatic carbocycles. The Bertz CT molecular complexity index is 470. The SMILES string of the molecule is CC1CC(=O)CC(c2ccc3c(c2)OCCC3)N1. The van der Waals surface area contributed by atoms with E-state index in [2.05, 4.69) is 30.4 Å². The van der Waals surface area contributed by atoms with Crippen molar-refractivity contribution in [1.29, 1.82) is 0 Å². The highest BCUT2D eigenvalue weighted by molar-refractivity contribution is 5.80. The van der Waals surface area contributed by atoms with Crippen molar-refractivity contribution in [2.45, 2.75) is 44.7 Å². The van der Waals surface area contributed by atoms with E-state index in [9.17, 15) is 4.79 Å². The van der Waals surface area contributed by atoms with Crippen LogP contribution in [-0.2, 0) is 11.2 Å². The number of Topliss-reactive ketones (excluding diaryl/α,β-unsaturated/α-hetero) is 1. The number of piperidine rings is 1. The molecule has 0 bridgehead atoms. The number of ketones is 1. The third-order valence-corrected chi connectivity index (χ3v) is 3.79. The molecule has 0 spiro atoms. The third kappa shape index (κ3) is 2.27. The molecular formula is C15H19NO2. The van der Waals surface area contributed by atoms with E-state index in [0.717, 1.165) is 25.2 Å². The maximum absolute atomic E-state index is 11.7. The zero-order valence-electron chi connectivity index (χ0n) is 10.7. The van der Waals surface area contributed by atoms with Crippen molar-refractivity contribution in [2.75, 3.05) is 6.61 Å². The van der Waals surface area contributed by atoms with E-state index in [1.165, 1.54) is 11.1 Å². The molecule has 96 valence electrons. The van der Waals surface area contributed by atoms with Gasteiger partial charge in [-0.2, -0.15) is 0 Å². The number of fused-ring (bicyclic) bond motifs is 1. The predicted molar refractivity (Wildman–Crippen MR) is 69.8 cm³/mol. The van der Waals surface area contributed by atoms with Crippen molar-refractivity contribution in [3.63, 3.8) is 0 Å². The summed E-state index contributed by atoms with van der Waals surface area (Å²) < 4.78 is 5.70. The smallest absolute Gasteiger partial charge is 0.136 e. The second kappa shape index (κ2) is 4.73. The van der Waals surface area contributed by atoms with Crippen molar-refractivity contribution >= 4 is 5.78 Å². The largest absolute Gasteiger partial charge is 0.493 e. The summed E-state index contributed by atoms with van der Waals surface area (Å²) in [5, 5.41) is 3.49. The second-order valence-corrected chi connectivity index (χ2v) is 5.39. The third-order valence-electron chi connectivity index (χ3n) is 3.79. The molecule has 2 aliphatic heterocycles. The number of hydrogen-bond acceptors (Lipinski definition) is 3. The van der Waals surface area contributed by atoms with Crippen molar-refractivity contribution < 1.29 is 9.53 Å². The first kappa shape index (κ1) is 11.7. The van der Waals surface area contributed by atoms with Gasteiger partial charge in [0.05, 0.1) is 6.61 Å². The predicted octanol–water partition coefficient (Wildman–Crippen LogP) is 2.39. The number of carbonyl (C=O) groups excluding carboxylic acids is 1. The van der Waals surface area contributed by atoms with Crippen LogP contribution in [0.1, 0.15) is 43.4 Å². The van der Waals surface area contributed by atoms with E-state index >= 15 is 0 Å². The molecule has 2 aliphatic rings. The summed E-state index contributed by atoms with van der Waals surface area (Å²) in [5.74, 6) is 1.36. The molecule has 3 nitrogen and oxygen atoms in total. The van der Waals surface area contributed by atoms with E-state index in [-0.39, 0.29) is 12.1 Å². The summed E-state index contributed by atoms with van der Waals surface area (Å²) in [7, 11) is 0. The van der Waals surface area contributed by atoms with E-state index in [1.54, 1.807) is 0 Å². The lowest BCUT2D eigenvalue weighted by molar-refractivity contribution is -0.121. The zero-order valence-corrected chi connectivity index (χ0v) is 10.7. The number of carbonyl (C=O) groups is 1. The van der Waals surface area contributed by atoms with Gasteiger partial charge in [-0.3, -0.25) is 4.79 Å². The quantitative estimate of drug-likeness (QED) is 0.825. The number of aryl methyl sites for hydroxylation is 1. The summed E-state index contributed by atoms with van der Waals surface area (Å²) in [6, 6.07) is 6.81. The van der Waals surface area contributed by atoms with Gasteiger partial charge in [0.1, 0.15) is 11.5 Å². The molecule has 0 saturated carbocycles. The summed E-state index contributed by atoms with van der Waals surface area (Å²) >= 11 is 0. The Morgan fingerprint density at radius 3 is 3.06 bits per heavy atom. The molecular weight excluding hydrogens is 226 g/mol. The molecule has 1 aromatic rings. The Morgan fingerprint density at radius 1 is 1.33 bits per heavy atom. The molecule has 0 amide bonds. The fraction of sp³-hybridized carbons (Fsp3) is 0.533. The monoisotopic (exact) mass is 245 g/mol. The lowest BCUT2D eigenvalue weighted by Gasteiger charge is -2.29. The topological polar surface area (TPSA) is 38.3 Å². The van der Waals surface area contributed by atoms with Crippen LogP contribution in [0.15, 0.2) is 18.2 Å². The molecule has 1 saturated heterocycles. The average molecular weight is 245 g/mol. The van der Waals surface area contributed by atoms with Crippen molar-refractivity contribution in [2.24, 2.45) is 0 Å². The lowest BCUT2D eigenvalue weighted by Crippen LogP contribution is -2.38. The van der Waals surface area contributed by atoms with Gasteiger partial charge in [0, 0.05) is 24.9 Å². The molecule has 2 atom stereocenters. The molecule has 0 aromatic heterocycles. The fourth-order valence-electron chi connectivity index (χ4n) is 2.90. The number of benzene rings is 1. The van der Waals surface area contributed by atoms with Crippen LogP contribution in [0.4, 0.5) is 0 Å². The van der Waals surface area contributed by atoms with Crippen molar-refractivity contribution in [3.05, 3.63) is 29.3 Å². The van der Waals surface area contributed by atoms with Gasteiger partial charge < -0.3 is 10.1 Å². The van der Waals surface area contributed by atoms with Crippen LogP contribution in [0.3, 0.4) is 0 Å². The highest BCUT2D eigenvalue weighted by Gasteiger charge is 2.25. The van der Waals surface area contributed by atoms with Crippen molar-refractivity contribution in [1.82, 2.24) is 5.32 Å². The van der Waals surface area contributed by atoms with E-state index in [0.29, 0.717) is 18.6 Å². The minimum absolute atomic E-state index is 0.150. The van der Waals surface area contributed by atoms with Crippen LogP contribution >= 0.6 is 0 Å². The lowest BCUT2D eigenvalue weighted by atomic mass is 9.92. The maximum Gasteiger partial charge on any atom is 0.136 e. The molecule has 2 unspecified atom stereocenters. The maximum atomic E-state index is 11.7. The minimum atomic E-state index is 0.150. The Kier molecular flexibility index (Phi) is 3.08. The number of rotatable bonds is 1. The molecule has 1 fully saturated rings. The zero-order chi connectivity index (χ0) is 12.5. The summed E-state index contributed by atoms with van der Waals surface area (Å²) in [6.45, 7) is 2.88. The molecule has 1 N–H and O–H groups in total. The number of nitrogens with one attached hydrogen (secondary N) is 1. The Morgan fingerprint density at radius 2 is 2.22 bits per heavy atom. The Balaban J connectivity index is 1.85.